The first kappa shape index (κ1) is 15.1. The van der Waals surface area contributed by atoms with Crippen LogP contribution >= 0.6 is 11.6 Å². The maximum absolute atomic E-state index is 14.1. The van der Waals surface area contributed by atoms with E-state index in [1.165, 1.54) is 11.8 Å². The van der Waals surface area contributed by atoms with Gasteiger partial charge in [0.2, 0.25) is 0 Å². The Bertz CT molecular complexity index is 785. The van der Waals surface area contributed by atoms with Crippen LogP contribution in [-0.2, 0) is 17.8 Å². The number of rotatable bonds is 2. The molecular formula is C14H13ClF2N2O3. The van der Waals surface area contributed by atoms with E-state index in [2.05, 4.69) is 0 Å². The van der Waals surface area contributed by atoms with E-state index >= 15 is 0 Å². The lowest BCUT2D eigenvalue weighted by atomic mass is 10.1. The summed E-state index contributed by atoms with van der Waals surface area (Å²) in [6.07, 6.45) is 0. The van der Waals surface area contributed by atoms with Gasteiger partial charge in [0.05, 0.1) is 39.0 Å². The Morgan fingerprint density at radius 2 is 1.86 bits per heavy atom. The number of hydrogen-bond donors (Lipinski definition) is 0. The smallest absolute Gasteiger partial charge is 0.276 e. The van der Waals surface area contributed by atoms with E-state index in [4.69, 9.17) is 21.1 Å². The van der Waals surface area contributed by atoms with E-state index in [0.29, 0.717) is 32.4 Å². The van der Waals surface area contributed by atoms with Gasteiger partial charge in [-0.3, -0.25) is 9.48 Å². The average molecular weight is 331 g/mol. The third-order valence-corrected chi connectivity index (χ3v) is 3.96. The van der Waals surface area contributed by atoms with Gasteiger partial charge in [-0.15, -0.1) is 0 Å². The van der Waals surface area contributed by atoms with Crippen LogP contribution in [0.25, 0.3) is 11.1 Å². The Morgan fingerprint density at radius 1 is 1.18 bits per heavy atom. The Kier molecular flexibility index (Phi) is 3.92. The molecule has 2 heterocycles. The molecule has 8 heteroatoms. The van der Waals surface area contributed by atoms with Crippen molar-refractivity contribution in [3.8, 4) is 16.9 Å². The number of halogens is 3. The van der Waals surface area contributed by atoms with Gasteiger partial charge in [0.15, 0.2) is 11.6 Å². The van der Waals surface area contributed by atoms with E-state index in [-0.39, 0.29) is 22.0 Å². The Hall–Kier alpha value is -1.86. The molecule has 118 valence electrons. The second-order valence-electron chi connectivity index (χ2n) is 4.80. The summed E-state index contributed by atoms with van der Waals surface area (Å²) in [6, 6.07) is 1.82. The molecule has 0 spiro atoms. The summed E-state index contributed by atoms with van der Waals surface area (Å²) in [4.78, 5) is 12.5. The summed E-state index contributed by atoms with van der Waals surface area (Å²) in [7, 11) is 1.26. The lowest BCUT2D eigenvalue weighted by molar-refractivity contribution is 0.137. The van der Waals surface area contributed by atoms with Crippen LogP contribution in [0.2, 0.25) is 5.15 Å². The lowest BCUT2D eigenvalue weighted by Gasteiger charge is -2.07. The predicted molar refractivity (Wildman–Crippen MR) is 76.4 cm³/mol. The summed E-state index contributed by atoms with van der Waals surface area (Å²) in [5.74, 6) is -1.86. The van der Waals surface area contributed by atoms with Crippen LogP contribution < -0.4 is 10.3 Å². The van der Waals surface area contributed by atoms with Crippen molar-refractivity contribution in [2.24, 2.45) is 0 Å². The zero-order valence-corrected chi connectivity index (χ0v) is 12.5. The summed E-state index contributed by atoms with van der Waals surface area (Å²) in [5, 5.41) is 0.100. The molecule has 0 atom stereocenters. The number of aromatic nitrogens is 2. The summed E-state index contributed by atoms with van der Waals surface area (Å²) in [6.45, 7) is 1.48. The molecule has 0 unspecified atom stereocenters. The summed E-state index contributed by atoms with van der Waals surface area (Å²) < 4.78 is 40.7. The SMILES string of the molecule is COc1cc(-c2c(Cl)n3n(c2=O)CCOCC3)c(F)cc1F. The third kappa shape index (κ3) is 2.30. The van der Waals surface area contributed by atoms with Gasteiger partial charge in [0, 0.05) is 11.6 Å². The molecule has 0 amide bonds. The highest BCUT2D eigenvalue weighted by Crippen LogP contribution is 2.32. The third-order valence-electron chi connectivity index (χ3n) is 3.58. The minimum atomic E-state index is -0.866. The number of hydrogen-bond acceptors (Lipinski definition) is 3. The van der Waals surface area contributed by atoms with E-state index in [9.17, 15) is 13.6 Å². The van der Waals surface area contributed by atoms with E-state index in [0.717, 1.165) is 6.07 Å². The molecule has 3 rings (SSSR count). The maximum atomic E-state index is 14.1. The monoisotopic (exact) mass is 330 g/mol. The van der Waals surface area contributed by atoms with E-state index < -0.39 is 17.2 Å². The van der Waals surface area contributed by atoms with Crippen molar-refractivity contribution in [3.05, 3.63) is 39.3 Å². The molecule has 0 saturated heterocycles. The Labute approximate surface area is 129 Å². The molecule has 1 aromatic carbocycles. The van der Waals surface area contributed by atoms with Crippen molar-refractivity contribution >= 4 is 11.6 Å². The second-order valence-corrected chi connectivity index (χ2v) is 5.15. The highest BCUT2D eigenvalue weighted by atomic mass is 35.5. The van der Waals surface area contributed by atoms with Crippen LogP contribution in [0.4, 0.5) is 8.78 Å². The molecule has 0 bridgehead atoms. The quantitative estimate of drug-likeness (QED) is 0.848. The normalized spacial score (nSPS) is 14.5. The van der Waals surface area contributed by atoms with Crippen molar-refractivity contribution < 1.29 is 18.3 Å². The topological polar surface area (TPSA) is 45.4 Å². The molecular weight excluding hydrogens is 318 g/mol. The predicted octanol–water partition coefficient (Wildman–Crippen LogP) is 2.29. The average Bonchev–Trinajstić information content (AvgIpc) is 2.68. The molecule has 0 aliphatic carbocycles. The van der Waals surface area contributed by atoms with Gasteiger partial charge in [-0.2, -0.15) is 0 Å². The second kappa shape index (κ2) is 5.73. The summed E-state index contributed by atoms with van der Waals surface area (Å²) in [5.41, 5.74) is -0.523. The first-order valence-corrected chi connectivity index (χ1v) is 7.02. The van der Waals surface area contributed by atoms with Gasteiger partial charge in [-0.05, 0) is 6.07 Å². The Morgan fingerprint density at radius 3 is 2.55 bits per heavy atom. The van der Waals surface area contributed by atoms with E-state index in [1.54, 1.807) is 4.68 Å². The first-order valence-electron chi connectivity index (χ1n) is 6.65. The first-order chi connectivity index (χ1) is 10.5. The maximum Gasteiger partial charge on any atom is 0.276 e. The fourth-order valence-electron chi connectivity index (χ4n) is 2.51. The molecule has 0 saturated carbocycles. The highest BCUT2D eigenvalue weighted by Gasteiger charge is 2.24. The number of methoxy groups -OCH3 is 1. The van der Waals surface area contributed by atoms with Gasteiger partial charge in [-0.1, -0.05) is 11.6 Å². The van der Waals surface area contributed by atoms with Gasteiger partial charge in [0.25, 0.3) is 5.56 Å². The van der Waals surface area contributed by atoms with Crippen LogP contribution in [0.15, 0.2) is 16.9 Å². The molecule has 1 aromatic heterocycles. The van der Waals surface area contributed by atoms with Crippen LogP contribution in [0.5, 0.6) is 5.75 Å². The van der Waals surface area contributed by atoms with Crippen molar-refractivity contribution in [2.75, 3.05) is 20.3 Å². The minimum absolute atomic E-state index is 0.000586. The largest absolute Gasteiger partial charge is 0.494 e. The molecule has 0 radical (unpaired) electrons. The molecule has 2 aromatic rings. The molecule has 5 nitrogen and oxygen atoms in total. The number of nitrogens with zero attached hydrogens (tertiary/aromatic N) is 2. The van der Waals surface area contributed by atoms with Crippen LogP contribution in [0.1, 0.15) is 0 Å². The van der Waals surface area contributed by atoms with Gasteiger partial charge < -0.3 is 9.47 Å². The highest BCUT2D eigenvalue weighted by molar-refractivity contribution is 6.32. The Balaban J connectivity index is 2.24. The molecule has 0 fully saturated rings. The zero-order chi connectivity index (χ0) is 15.9. The van der Waals surface area contributed by atoms with Crippen molar-refractivity contribution in [1.82, 2.24) is 9.36 Å². The zero-order valence-electron chi connectivity index (χ0n) is 11.7. The van der Waals surface area contributed by atoms with Gasteiger partial charge in [-0.25, -0.2) is 13.5 Å². The number of benzene rings is 1. The minimum Gasteiger partial charge on any atom is -0.494 e. The fourth-order valence-corrected chi connectivity index (χ4v) is 2.87. The molecule has 1 aliphatic rings. The standard InChI is InChI=1S/C14H13ClF2N2O3/c1-21-11-6-8(9(16)7-10(11)17)12-13(15)18-2-4-22-5-3-19(18)14(12)20/h6-7H,2-5H2,1H3. The number of fused-ring (bicyclic) bond motifs is 1. The van der Waals surface area contributed by atoms with Crippen LogP contribution in [0.3, 0.4) is 0 Å². The lowest BCUT2D eigenvalue weighted by Crippen LogP contribution is -2.23. The van der Waals surface area contributed by atoms with Crippen LogP contribution in [0, 0.1) is 11.6 Å². The molecule has 0 N–H and O–H groups in total. The van der Waals surface area contributed by atoms with Crippen molar-refractivity contribution in [3.63, 3.8) is 0 Å². The molecule has 1 aliphatic heterocycles. The van der Waals surface area contributed by atoms with Crippen molar-refractivity contribution in [2.45, 2.75) is 13.1 Å². The number of ether oxygens (including phenoxy) is 2. The fraction of sp³-hybridized carbons (Fsp3) is 0.357. The van der Waals surface area contributed by atoms with Gasteiger partial charge >= 0.3 is 0 Å². The van der Waals surface area contributed by atoms with Crippen LogP contribution in [-0.4, -0.2) is 29.7 Å². The van der Waals surface area contributed by atoms with Gasteiger partial charge in [0.1, 0.15) is 11.0 Å². The summed E-state index contributed by atoms with van der Waals surface area (Å²) >= 11 is 6.25. The van der Waals surface area contributed by atoms with E-state index in [1.807, 2.05) is 0 Å². The van der Waals surface area contributed by atoms with Crippen molar-refractivity contribution in [1.29, 1.82) is 0 Å². The molecule has 22 heavy (non-hydrogen) atoms.